The van der Waals surface area contributed by atoms with Gasteiger partial charge in [0.05, 0.1) is 6.61 Å². The van der Waals surface area contributed by atoms with Gasteiger partial charge >= 0.3 is 5.97 Å². The third kappa shape index (κ3) is 1.56. The molecule has 22 heavy (non-hydrogen) atoms. The Morgan fingerprint density at radius 3 is 2.91 bits per heavy atom. The predicted molar refractivity (Wildman–Crippen MR) is 73.7 cm³/mol. The summed E-state index contributed by atoms with van der Waals surface area (Å²) in [5, 5.41) is 31.9. The molecule has 1 aromatic heterocycles. The Morgan fingerprint density at radius 1 is 1.32 bits per heavy atom. The number of rotatable bonds is 2. The number of H-pyrrole nitrogens is 1. The molecule has 2 aliphatic heterocycles. The minimum atomic E-state index is -2.26. The van der Waals surface area contributed by atoms with Crippen molar-refractivity contribution in [2.45, 2.75) is 30.0 Å². The van der Waals surface area contributed by atoms with E-state index in [0.717, 1.165) is 10.9 Å². The first-order valence-electron chi connectivity index (χ1n) is 6.98. The van der Waals surface area contributed by atoms with E-state index in [2.05, 4.69) is 4.98 Å². The Labute approximate surface area is 125 Å². The molecule has 2 fully saturated rings. The summed E-state index contributed by atoms with van der Waals surface area (Å²) in [4.78, 5) is 15.1. The number of aliphatic hydroxyl groups excluding tert-OH is 1. The van der Waals surface area contributed by atoms with E-state index in [1.165, 1.54) is 0 Å². The topological polar surface area (TPSA) is 112 Å². The molecule has 4 atom stereocenters. The maximum absolute atomic E-state index is 12.1. The van der Waals surface area contributed by atoms with Gasteiger partial charge in [0.25, 0.3) is 0 Å². The Balaban J connectivity index is 1.76. The first kappa shape index (κ1) is 13.7. The van der Waals surface area contributed by atoms with Crippen LogP contribution >= 0.6 is 0 Å². The van der Waals surface area contributed by atoms with Crippen LogP contribution in [0.4, 0.5) is 0 Å². The number of hydrogen-bond acceptors (Lipinski definition) is 6. The van der Waals surface area contributed by atoms with Crippen LogP contribution in [-0.2, 0) is 20.7 Å². The zero-order chi connectivity index (χ0) is 15.5. The van der Waals surface area contributed by atoms with Crippen LogP contribution in [0.1, 0.15) is 5.56 Å². The molecule has 0 spiro atoms. The summed E-state index contributed by atoms with van der Waals surface area (Å²) >= 11 is 0. The van der Waals surface area contributed by atoms with Gasteiger partial charge in [-0.25, -0.2) is 4.79 Å². The van der Waals surface area contributed by atoms with Crippen LogP contribution in [0, 0.1) is 0 Å². The maximum atomic E-state index is 12.1. The fourth-order valence-electron chi connectivity index (χ4n) is 3.27. The summed E-state index contributed by atoms with van der Waals surface area (Å²) in [5.41, 5.74) is -0.766. The monoisotopic (exact) mass is 305 g/mol. The number of hydrogen-bond donors (Lipinski definition) is 4. The quantitative estimate of drug-likeness (QED) is 0.554. The number of aromatic amines is 1. The molecule has 0 saturated carbocycles. The first-order chi connectivity index (χ1) is 10.5. The molecular formula is C15H15NO6. The molecule has 0 amide bonds. The highest BCUT2D eigenvalue weighted by atomic mass is 16.7. The van der Waals surface area contributed by atoms with E-state index in [9.17, 15) is 20.1 Å². The Morgan fingerprint density at radius 2 is 2.09 bits per heavy atom. The minimum absolute atomic E-state index is 0.185. The zero-order valence-corrected chi connectivity index (χ0v) is 11.5. The molecule has 1 aromatic carbocycles. The summed E-state index contributed by atoms with van der Waals surface area (Å²) in [6, 6.07) is 7.41. The molecule has 4 N–H and O–H groups in total. The third-order valence-electron chi connectivity index (χ3n) is 4.49. The molecule has 0 unspecified atom stereocenters. The lowest BCUT2D eigenvalue weighted by Gasteiger charge is -2.31. The second-order valence-electron chi connectivity index (χ2n) is 5.80. The van der Waals surface area contributed by atoms with Crippen molar-refractivity contribution in [1.82, 2.24) is 4.98 Å². The molecule has 4 rings (SSSR count). The molecule has 7 heteroatoms. The Hall–Kier alpha value is -1.93. The number of nitrogens with one attached hydrogen (secondary N) is 1. The van der Waals surface area contributed by atoms with E-state index < -0.39 is 29.6 Å². The fourth-order valence-corrected chi connectivity index (χ4v) is 3.27. The van der Waals surface area contributed by atoms with Gasteiger partial charge in [0, 0.05) is 23.5 Å². The molecule has 2 saturated heterocycles. The van der Waals surface area contributed by atoms with Gasteiger partial charge in [0.15, 0.2) is 6.10 Å². The van der Waals surface area contributed by atoms with Crippen LogP contribution in [0.25, 0.3) is 10.9 Å². The number of ether oxygens (including phenoxy) is 2. The van der Waals surface area contributed by atoms with Crippen molar-refractivity contribution in [3.8, 4) is 0 Å². The fraction of sp³-hybridized carbons (Fsp3) is 0.400. The van der Waals surface area contributed by atoms with Gasteiger partial charge < -0.3 is 29.8 Å². The number of fused-ring (bicyclic) bond motifs is 2. The highest BCUT2D eigenvalue weighted by molar-refractivity contribution is 5.87. The van der Waals surface area contributed by atoms with E-state index in [1.807, 2.05) is 24.3 Å². The summed E-state index contributed by atoms with van der Waals surface area (Å²) < 4.78 is 10.1. The minimum Gasteiger partial charge on any atom is -0.451 e. The van der Waals surface area contributed by atoms with Crippen LogP contribution in [0.5, 0.6) is 0 Å². The van der Waals surface area contributed by atoms with Crippen molar-refractivity contribution >= 4 is 16.9 Å². The van der Waals surface area contributed by atoms with E-state index in [0.29, 0.717) is 5.56 Å². The van der Waals surface area contributed by atoms with Gasteiger partial charge in [-0.1, -0.05) is 18.2 Å². The molecular weight excluding hydrogens is 290 g/mol. The van der Waals surface area contributed by atoms with Gasteiger partial charge in [-0.3, -0.25) is 0 Å². The van der Waals surface area contributed by atoms with E-state index in [1.54, 1.807) is 6.20 Å². The highest BCUT2D eigenvalue weighted by Crippen LogP contribution is 2.45. The molecule has 2 aromatic rings. The van der Waals surface area contributed by atoms with E-state index in [4.69, 9.17) is 9.47 Å². The lowest BCUT2D eigenvalue weighted by Crippen LogP contribution is -2.59. The number of carbonyl (C=O) groups is 1. The first-order valence-corrected chi connectivity index (χ1v) is 6.98. The average molecular weight is 305 g/mol. The summed E-state index contributed by atoms with van der Waals surface area (Å²) in [6.45, 7) is -0.204. The van der Waals surface area contributed by atoms with Crippen molar-refractivity contribution in [3.63, 3.8) is 0 Å². The number of esters is 1. The van der Waals surface area contributed by atoms with Crippen LogP contribution in [0.3, 0.4) is 0 Å². The van der Waals surface area contributed by atoms with Crippen molar-refractivity contribution in [1.29, 1.82) is 0 Å². The SMILES string of the molecule is O=C1O[C@H]2[C@@H](O)CO[C@]2(O)[C@@]1(O)Cc1c[nH]c2ccccc12. The molecule has 116 valence electrons. The summed E-state index contributed by atoms with van der Waals surface area (Å²) in [5.74, 6) is -3.24. The Kier molecular flexibility index (Phi) is 2.68. The van der Waals surface area contributed by atoms with Crippen molar-refractivity contribution in [2.75, 3.05) is 6.61 Å². The summed E-state index contributed by atoms with van der Waals surface area (Å²) in [7, 11) is 0. The number of benzene rings is 1. The Bertz CT molecular complexity index is 757. The van der Waals surface area contributed by atoms with Crippen molar-refractivity contribution < 1.29 is 29.6 Å². The van der Waals surface area contributed by atoms with Crippen LogP contribution in [0.2, 0.25) is 0 Å². The van der Waals surface area contributed by atoms with Crippen LogP contribution in [0.15, 0.2) is 30.5 Å². The average Bonchev–Trinajstić information content (AvgIpc) is 3.09. The van der Waals surface area contributed by atoms with Gasteiger partial charge in [-0.05, 0) is 11.6 Å². The standard InChI is InChI=1S/C15H15NO6/c17-11-7-21-15(20)12(11)22-13(18)14(15,19)5-8-6-16-10-4-2-1-3-9(8)10/h1-4,6,11-12,16-17,19-20H,5,7H2/t11-,12-,14+,15-/m0/s1. The largest absolute Gasteiger partial charge is 0.451 e. The van der Waals surface area contributed by atoms with Crippen LogP contribution in [-0.4, -0.2) is 56.5 Å². The maximum Gasteiger partial charge on any atom is 0.344 e. The van der Waals surface area contributed by atoms with E-state index in [-0.39, 0.29) is 13.0 Å². The lowest BCUT2D eigenvalue weighted by atomic mass is 9.85. The predicted octanol–water partition coefficient (Wildman–Crippen LogP) is -0.553. The normalized spacial score (nSPS) is 37.5. The molecule has 3 heterocycles. The number of aliphatic hydroxyl groups is 3. The van der Waals surface area contributed by atoms with Gasteiger partial charge in [0.1, 0.15) is 6.10 Å². The van der Waals surface area contributed by atoms with Crippen molar-refractivity contribution in [3.05, 3.63) is 36.0 Å². The van der Waals surface area contributed by atoms with Crippen molar-refractivity contribution in [2.24, 2.45) is 0 Å². The highest BCUT2D eigenvalue weighted by Gasteiger charge is 2.73. The molecule has 0 radical (unpaired) electrons. The second kappa shape index (κ2) is 4.30. The van der Waals surface area contributed by atoms with Gasteiger partial charge in [-0.2, -0.15) is 0 Å². The molecule has 0 bridgehead atoms. The molecule has 7 nitrogen and oxygen atoms in total. The second-order valence-corrected chi connectivity index (χ2v) is 5.80. The third-order valence-corrected chi connectivity index (χ3v) is 4.49. The lowest BCUT2D eigenvalue weighted by molar-refractivity contribution is -0.262. The van der Waals surface area contributed by atoms with Gasteiger partial charge in [-0.15, -0.1) is 0 Å². The number of aromatic nitrogens is 1. The smallest absolute Gasteiger partial charge is 0.344 e. The van der Waals surface area contributed by atoms with Gasteiger partial charge in [0.2, 0.25) is 11.4 Å². The van der Waals surface area contributed by atoms with Crippen LogP contribution < -0.4 is 0 Å². The molecule has 2 aliphatic rings. The zero-order valence-electron chi connectivity index (χ0n) is 11.5. The van der Waals surface area contributed by atoms with E-state index >= 15 is 0 Å². The number of carbonyl (C=O) groups excluding carboxylic acids is 1. The summed E-state index contributed by atoms with van der Waals surface area (Å²) in [6.07, 6.45) is -0.964. The number of para-hydroxylation sites is 1. The molecule has 0 aliphatic carbocycles.